The fraction of sp³-hybridized carbons (Fsp3) is 0.0500. The minimum absolute atomic E-state index is 0.670. The fourth-order valence-electron chi connectivity index (χ4n) is 2.70. The third kappa shape index (κ3) is 2.94. The quantitative estimate of drug-likeness (QED) is 0.779. The van der Waals surface area contributed by atoms with Crippen molar-refractivity contribution < 1.29 is 0 Å². The molecule has 0 saturated heterocycles. The van der Waals surface area contributed by atoms with Crippen LogP contribution in [0, 0.1) is 0 Å². The average molecular weight is 314 g/mol. The molecule has 24 heavy (non-hydrogen) atoms. The molecule has 0 unspecified atom stereocenters. The summed E-state index contributed by atoms with van der Waals surface area (Å²) >= 11 is 0. The molecule has 118 valence electrons. The Labute approximate surface area is 141 Å². The first-order chi connectivity index (χ1) is 11.9. The normalized spacial score (nSPS) is 13.8. The van der Waals surface area contributed by atoms with Crippen LogP contribution in [-0.2, 0) is 0 Å². The van der Waals surface area contributed by atoms with Crippen LogP contribution in [0.4, 0.5) is 17.1 Å². The summed E-state index contributed by atoms with van der Waals surface area (Å²) in [6.07, 6.45) is 0. The van der Waals surface area contributed by atoms with Crippen molar-refractivity contribution >= 4 is 23.0 Å². The molecular weight excluding hydrogens is 296 g/mol. The molecule has 0 bridgehead atoms. The van der Waals surface area contributed by atoms with Crippen molar-refractivity contribution in [3.05, 3.63) is 91.0 Å². The van der Waals surface area contributed by atoms with Crippen LogP contribution < -0.4 is 15.2 Å². The van der Waals surface area contributed by atoms with Gasteiger partial charge >= 0.3 is 0 Å². The number of anilines is 3. The van der Waals surface area contributed by atoms with Gasteiger partial charge in [-0.2, -0.15) is 0 Å². The number of nitrogens with zero attached hydrogens (tertiary/aromatic N) is 3. The largest absolute Gasteiger partial charge is 0.324 e. The van der Waals surface area contributed by atoms with Crippen LogP contribution in [0.25, 0.3) is 0 Å². The van der Waals surface area contributed by atoms with Crippen molar-refractivity contribution in [2.75, 3.05) is 21.9 Å². The van der Waals surface area contributed by atoms with Gasteiger partial charge in [-0.3, -0.25) is 4.90 Å². The predicted octanol–water partition coefficient (Wildman–Crippen LogP) is 4.35. The molecule has 0 fully saturated rings. The molecule has 3 aromatic carbocycles. The van der Waals surface area contributed by atoms with E-state index in [4.69, 9.17) is 5.10 Å². The molecule has 0 saturated carbocycles. The molecule has 4 heteroatoms. The Morgan fingerprint density at radius 1 is 0.667 bits per heavy atom. The maximum Gasteiger partial charge on any atom is 0.227 e. The predicted molar refractivity (Wildman–Crippen MR) is 100 cm³/mol. The number of hydrogen-bond acceptors (Lipinski definition) is 4. The van der Waals surface area contributed by atoms with Gasteiger partial charge in [-0.05, 0) is 36.4 Å². The van der Waals surface area contributed by atoms with Crippen LogP contribution in [0.5, 0.6) is 0 Å². The lowest BCUT2D eigenvalue weighted by molar-refractivity contribution is 0.912. The smallest absolute Gasteiger partial charge is 0.227 e. The summed E-state index contributed by atoms with van der Waals surface area (Å²) in [4.78, 5) is 2.17. The standard InChI is InChI=1S/C20H18N4/c1-4-10-17(11-5-1)21-20-22-24(19-14-8-3-9-15-19)16-23(20)18-12-6-2-7-13-18/h1-15H,16H2,(H,21,22). The second-order valence-corrected chi connectivity index (χ2v) is 5.55. The minimum atomic E-state index is 0.670. The zero-order chi connectivity index (χ0) is 16.2. The molecule has 0 atom stereocenters. The number of rotatable bonds is 3. The first kappa shape index (κ1) is 14.3. The number of nitrogens with one attached hydrogen (secondary N) is 1. The van der Waals surface area contributed by atoms with Crippen LogP contribution in [0.1, 0.15) is 0 Å². The molecule has 4 nitrogen and oxygen atoms in total. The Morgan fingerprint density at radius 3 is 1.83 bits per heavy atom. The van der Waals surface area contributed by atoms with Crippen LogP contribution in [0.2, 0.25) is 0 Å². The van der Waals surface area contributed by atoms with Crippen LogP contribution in [-0.4, -0.2) is 12.6 Å². The average Bonchev–Trinajstić information content (AvgIpc) is 3.08. The highest BCUT2D eigenvalue weighted by Gasteiger charge is 2.25. The molecule has 1 aliphatic rings. The number of benzene rings is 3. The van der Waals surface area contributed by atoms with Crippen LogP contribution in [0.3, 0.4) is 0 Å². The van der Waals surface area contributed by atoms with E-state index in [9.17, 15) is 0 Å². The van der Waals surface area contributed by atoms with Crippen molar-refractivity contribution in [1.82, 2.24) is 0 Å². The molecule has 0 radical (unpaired) electrons. The first-order valence-corrected chi connectivity index (χ1v) is 7.96. The zero-order valence-electron chi connectivity index (χ0n) is 13.2. The van der Waals surface area contributed by atoms with Gasteiger partial charge in [-0.25, -0.2) is 5.01 Å². The summed E-state index contributed by atoms with van der Waals surface area (Å²) in [5.74, 6) is 0.816. The van der Waals surface area contributed by atoms with E-state index >= 15 is 0 Å². The lowest BCUT2D eigenvalue weighted by Crippen LogP contribution is -2.34. The molecule has 0 aromatic heterocycles. The van der Waals surface area contributed by atoms with E-state index in [-0.39, 0.29) is 0 Å². The van der Waals surface area contributed by atoms with Gasteiger partial charge in [0.05, 0.1) is 5.69 Å². The zero-order valence-corrected chi connectivity index (χ0v) is 13.2. The molecule has 1 heterocycles. The number of hydrogen-bond donors (Lipinski definition) is 1. The molecule has 0 spiro atoms. The van der Waals surface area contributed by atoms with Gasteiger partial charge in [0.15, 0.2) is 0 Å². The topological polar surface area (TPSA) is 30.9 Å². The number of hydrazone groups is 1. The van der Waals surface area contributed by atoms with Crippen molar-refractivity contribution in [2.24, 2.45) is 5.10 Å². The summed E-state index contributed by atoms with van der Waals surface area (Å²) in [7, 11) is 0. The van der Waals surface area contributed by atoms with Gasteiger partial charge in [0, 0.05) is 11.4 Å². The second-order valence-electron chi connectivity index (χ2n) is 5.55. The van der Waals surface area contributed by atoms with Gasteiger partial charge in [0.25, 0.3) is 0 Å². The fourth-order valence-corrected chi connectivity index (χ4v) is 2.70. The van der Waals surface area contributed by atoms with Crippen molar-refractivity contribution in [3.63, 3.8) is 0 Å². The third-order valence-corrected chi connectivity index (χ3v) is 3.90. The maximum atomic E-state index is 4.78. The minimum Gasteiger partial charge on any atom is -0.324 e. The van der Waals surface area contributed by atoms with E-state index in [1.807, 2.05) is 71.7 Å². The van der Waals surface area contributed by atoms with E-state index in [1.165, 1.54) is 0 Å². The molecule has 1 N–H and O–H groups in total. The molecule has 0 amide bonds. The van der Waals surface area contributed by atoms with E-state index < -0.39 is 0 Å². The van der Waals surface area contributed by atoms with E-state index in [0.29, 0.717) is 6.67 Å². The lowest BCUT2D eigenvalue weighted by atomic mass is 10.3. The van der Waals surface area contributed by atoms with Gasteiger partial charge in [-0.1, -0.05) is 54.6 Å². The molecule has 3 aromatic rings. The maximum absolute atomic E-state index is 4.78. The Hall–Kier alpha value is -3.27. The van der Waals surface area contributed by atoms with Crippen LogP contribution >= 0.6 is 0 Å². The Morgan fingerprint density at radius 2 is 1.21 bits per heavy atom. The second kappa shape index (κ2) is 6.46. The Bertz CT molecular complexity index is 816. The molecular formula is C20H18N4. The first-order valence-electron chi connectivity index (χ1n) is 7.96. The molecule has 0 aliphatic carbocycles. The summed E-state index contributed by atoms with van der Waals surface area (Å²) in [5, 5.41) is 10.2. The van der Waals surface area contributed by atoms with Gasteiger partial charge < -0.3 is 5.32 Å². The van der Waals surface area contributed by atoms with Gasteiger partial charge in [0.2, 0.25) is 5.96 Å². The summed E-state index contributed by atoms with van der Waals surface area (Å²) in [6, 6.07) is 30.6. The summed E-state index contributed by atoms with van der Waals surface area (Å²) < 4.78 is 0. The SMILES string of the molecule is c1ccc(NC2=NN(c3ccccc3)CN2c2ccccc2)cc1. The Balaban J connectivity index is 1.67. The van der Waals surface area contributed by atoms with E-state index in [1.54, 1.807) is 0 Å². The number of para-hydroxylation sites is 3. The summed E-state index contributed by atoms with van der Waals surface area (Å²) in [5.41, 5.74) is 3.20. The Kier molecular flexibility index (Phi) is 3.86. The van der Waals surface area contributed by atoms with E-state index in [0.717, 1.165) is 23.0 Å². The highest BCUT2D eigenvalue weighted by Crippen LogP contribution is 2.24. The van der Waals surface area contributed by atoms with Gasteiger partial charge in [0.1, 0.15) is 6.67 Å². The monoisotopic (exact) mass is 314 g/mol. The number of guanidine groups is 1. The highest BCUT2D eigenvalue weighted by molar-refractivity contribution is 6.07. The van der Waals surface area contributed by atoms with Crippen molar-refractivity contribution in [3.8, 4) is 0 Å². The summed E-state index contributed by atoms with van der Waals surface area (Å²) in [6.45, 7) is 0.670. The molecule has 1 aliphatic heterocycles. The molecule has 4 rings (SSSR count). The van der Waals surface area contributed by atoms with Crippen LogP contribution in [0.15, 0.2) is 96.1 Å². The van der Waals surface area contributed by atoms with E-state index in [2.05, 4.69) is 34.5 Å². The van der Waals surface area contributed by atoms with Crippen molar-refractivity contribution in [1.29, 1.82) is 0 Å². The highest BCUT2D eigenvalue weighted by atomic mass is 15.6. The lowest BCUT2D eigenvalue weighted by Gasteiger charge is -2.21. The van der Waals surface area contributed by atoms with Crippen molar-refractivity contribution in [2.45, 2.75) is 0 Å². The van der Waals surface area contributed by atoms with Gasteiger partial charge in [-0.15, -0.1) is 5.10 Å². The third-order valence-electron chi connectivity index (χ3n) is 3.90.